The summed E-state index contributed by atoms with van der Waals surface area (Å²) < 4.78 is 10.8. The van der Waals surface area contributed by atoms with Crippen molar-refractivity contribution >= 4 is 17.2 Å². The van der Waals surface area contributed by atoms with Gasteiger partial charge >= 0.3 is 0 Å². The van der Waals surface area contributed by atoms with Crippen molar-refractivity contribution in [2.24, 2.45) is 0 Å². The van der Waals surface area contributed by atoms with Gasteiger partial charge in [-0.05, 0) is 42.3 Å². The minimum absolute atomic E-state index is 0.0263. The molecule has 5 nitrogen and oxygen atoms in total. The standard InChI is InChI=1S/C20H20N2O3S/c1-24-15-6-3-2-5-14(15)8-11-21-19(23)20(9-10-20)18-13-16(25-22-18)17-7-4-12-26-17/h2-7,12-13H,8-11H2,1H3,(H,21,23). The van der Waals surface area contributed by atoms with Crippen molar-refractivity contribution in [3.63, 3.8) is 0 Å². The van der Waals surface area contributed by atoms with E-state index in [2.05, 4.69) is 10.5 Å². The van der Waals surface area contributed by atoms with E-state index in [9.17, 15) is 4.79 Å². The molecule has 1 aliphatic carbocycles. The zero-order valence-corrected chi connectivity index (χ0v) is 15.3. The van der Waals surface area contributed by atoms with Crippen LogP contribution in [0.15, 0.2) is 52.4 Å². The van der Waals surface area contributed by atoms with E-state index >= 15 is 0 Å². The predicted molar refractivity (Wildman–Crippen MR) is 100 cm³/mol. The molecule has 0 bridgehead atoms. The van der Waals surface area contributed by atoms with Crippen LogP contribution in [0, 0.1) is 0 Å². The number of hydrogen-bond acceptors (Lipinski definition) is 5. The molecule has 6 heteroatoms. The van der Waals surface area contributed by atoms with Crippen molar-refractivity contribution in [2.45, 2.75) is 24.7 Å². The Morgan fingerprint density at radius 2 is 2.15 bits per heavy atom. The Hall–Kier alpha value is -2.60. The lowest BCUT2D eigenvalue weighted by Gasteiger charge is -2.13. The van der Waals surface area contributed by atoms with Crippen LogP contribution in [0.5, 0.6) is 5.75 Å². The van der Waals surface area contributed by atoms with Crippen molar-refractivity contribution in [3.05, 3.63) is 59.1 Å². The Morgan fingerprint density at radius 3 is 2.88 bits per heavy atom. The van der Waals surface area contributed by atoms with Crippen LogP contribution in [0.4, 0.5) is 0 Å². The van der Waals surface area contributed by atoms with E-state index in [4.69, 9.17) is 9.26 Å². The highest BCUT2D eigenvalue weighted by molar-refractivity contribution is 7.13. The summed E-state index contributed by atoms with van der Waals surface area (Å²) in [6.45, 7) is 0.566. The second-order valence-corrected chi connectivity index (χ2v) is 7.40. The number of thiophene rings is 1. The smallest absolute Gasteiger partial charge is 0.232 e. The zero-order chi connectivity index (χ0) is 18.0. The molecule has 1 amide bonds. The molecule has 134 valence electrons. The predicted octanol–water partition coefficient (Wildman–Crippen LogP) is 3.80. The molecule has 3 aromatic rings. The summed E-state index contributed by atoms with van der Waals surface area (Å²) in [4.78, 5) is 13.8. The number of amides is 1. The Balaban J connectivity index is 1.40. The summed E-state index contributed by atoms with van der Waals surface area (Å²) in [6, 6.07) is 13.7. The van der Waals surface area contributed by atoms with E-state index in [1.807, 2.05) is 47.8 Å². The van der Waals surface area contributed by atoms with Gasteiger partial charge in [0.25, 0.3) is 0 Å². The van der Waals surface area contributed by atoms with Crippen LogP contribution in [-0.2, 0) is 16.6 Å². The minimum Gasteiger partial charge on any atom is -0.496 e. The lowest BCUT2D eigenvalue weighted by atomic mass is 10.0. The molecule has 2 heterocycles. The number of para-hydroxylation sites is 1. The minimum atomic E-state index is -0.528. The highest BCUT2D eigenvalue weighted by atomic mass is 32.1. The first kappa shape index (κ1) is 16.8. The monoisotopic (exact) mass is 368 g/mol. The van der Waals surface area contributed by atoms with Crippen molar-refractivity contribution in [2.75, 3.05) is 13.7 Å². The number of benzene rings is 1. The first-order chi connectivity index (χ1) is 12.7. The summed E-state index contributed by atoms with van der Waals surface area (Å²) >= 11 is 1.60. The number of nitrogens with zero attached hydrogens (tertiary/aromatic N) is 1. The number of aromatic nitrogens is 1. The number of carbonyl (C=O) groups is 1. The molecule has 0 unspecified atom stereocenters. The SMILES string of the molecule is COc1ccccc1CCNC(=O)C1(c2cc(-c3cccs3)on2)CC1. The van der Waals surface area contributed by atoms with E-state index in [1.54, 1.807) is 18.4 Å². The molecule has 26 heavy (non-hydrogen) atoms. The third-order valence-electron chi connectivity index (χ3n) is 4.82. The number of rotatable bonds is 7. The molecule has 0 spiro atoms. The van der Waals surface area contributed by atoms with Crippen LogP contribution < -0.4 is 10.1 Å². The summed E-state index contributed by atoms with van der Waals surface area (Å²) in [5.74, 6) is 1.60. The van der Waals surface area contributed by atoms with Gasteiger partial charge in [0, 0.05) is 12.6 Å². The van der Waals surface area contributed by atoms with E-state index < -0.39 is 5.41 Å². The average Bonchev–Trinajstić information content (AvgIpc) is 3.09. The quantitative estimate of drug-likeness (QED) is 0.689. The van der Waals surface area contributed by atoms with Crippen LogP contribution in [0.2, 0.25) is 0 Å². The molecule has 1 saturated carbocycles. The van der Waals surface area contributed by atoms with Gasteiger partial charge in [-0.2, -0.15) is 0 Å². The van der Waals surface area contributed by atoms with Gasteiger partial charge < -0.3 is 14.6 Å². The first-order valence-corrected chi connectivity index (χ1v) is 9.52. The van der Waals surface area contributed by atoms with Gasteiger partial charge in [-0.15, -0.1) is 11.3 Å². The van der Waals surface area contributed by atoms with Gasteiger partial charge in [-0.3, -0.25) is 4.79 Å². The maximum absolute atomic E-state index is 12.7. The largest absolute Gasteiger partial charge is 0.496 e. The van der Waals surface area contributed by atoms with Gasteiger partial charge in [-0.1, -0.05) is 29.4 Å². The Kier molecular flexibility index (Phi) is 4.51. The Labute approximate surface area is 156 Å². The molecule has 2 aromatic heterocycles. The maximum atomic E-state index is 12.7. The number of hydrogen-bond donors (Lipinski definition) is 1. The second-order valence-electron chi connectivity index (χ2n) is 6.45. The van der Waals surface area contributed by atoms with Gasteiger partial charge in [-0.25, -0.2) is 0 Å². The van der Waals surface area contributed by atoms with Gasteiger partial charge in [0.2, 0.25) is 5.91 Å². The molecule has 1 N–H and O–H groups in total. The van der Waals surface area contributed by atoms with Gasteiger partial charge in [0.1, 0.15) is 5.75 Å². The van der Waals surface area contributed by atoms with E-state index in [1.165, 1.54) is 0 Å². The molecule has 0 radical (unpaired) electrons. The Bertz CT molecular complexity index is 897. The van der Waals surface area contributed by atoms with Crippen LogP contribution in [-0.4, -0.2) is 24.7 Å². The van der Waals surface area contributed by atoms with E-state index in [0.29, 0.717) is 6.54 Å². The van der Waals surface area contributed by atoms with Crippen LogP contribution in [0.1, 0.15) is 24.1 Å². The molecule has 0 saturated heterocycles. The van der Waals surface area contributed by atoms with Crippen LogP contribution >= 0.6 is 11.3 Å². The zero-order valence-electron chi connectivity index (χ0n) is 14.5. The van der Waals surface area contributed by atoms with Crippen molar-refractivity contribution < 1.29 is 14.1 Å². The molecule has 1 aliphatic rings. The highest BCUT2D eigenvalue weighted by Crippen LogP contribution is 2.48. The highest BCUT2D eigenvalue weighted by Gasteiger charge is 2.53. The Morgan fingerprint density at radius 1 is 1.31 bits per heavy atom. The molecule has 4 rings (SSSR count). The van der Waals surface area contributed by atoms with Crippen molar-refractivity contribution in [1.82, 2.24) is 10.5 Å². The van der Waals surface area contributed by atoms with Crippen molar-refractivity contribution in [1.29, 1.82) is 0 Å². The first-order valence-electron chi connectivity index (χ1n) is 8.64. The molecule has 1 fully saturated rings. The fraction of sp³-hybridized carbons (Fsp3) is 0.300. The van der Waals surface area contributed by atoms with E-state index in [-0.39, 0.29) is 5.91 Å². The molecular weight excluding hydrogens is 348 g/mol. The summed E-state index contributed by atoms with van der Waals surface area (Å²) in [5, 5.41) is 9.22. The topological polar surface area (TPSA) is 64.4 Å². The second kappa shape index (κ2) is 6.96. The lowest BCUT2D eigenvalue weighted by molar-refractivity contribution is -0.123. The molecule has 1 aromatic carbocycles. The maximum Gasteiger partial charge on any atom is 0.232 e. The number of ether oxygens (including phenoxy) is 1. The van der Waals surface area contributed by atoms with E-state index in [0.717, 1.165) is 46.9 Å². The lowest BCUT2D eigenvalue weighted by Crippen LogP contribution is -2.36. The number of carbonyl (C=O) groups excluding carboxylic acids is 1. The number of methoxy groups -OCH3 is 1. The third kappa shape index (κ3) is 3.12. The normalized spacial score (nSPS) is 14.8. The summed E-state index contributed by atoms with van der Waals surface area (Å²) in [5.41, 5.74) is 1.29. The molecule has 0 aliphatic heterocycles. The number of nitrogens with one attached hydrogen (secondary N) is 1. The van der Waals surface area contributed by atoms with Gasteiger partial charge in [0.15, 0.2) is 5.76 Å². The molecular formula is C20H20N2O3S. The molecule has 0 atom stereocenters. The van der Waals surface area contributed by atoms with Gasteiger partial charge in [0.05, 0.1) is 23.1 Å². The summed E-state index contributed by atoms with van der Waals surface area (Å²) in [6.07, 6.45) is 2.35. The van der Waals surface area contributed by atoms with Crippen LogP contribution in [0.3, 0.4) is 0 Å². The average molecular weight is 368 g/mol. The summed E-state index contributed by atoms with van der Waals surface area (Å²) in [7, 11) is 1.66. The third-order valence-corrected chi connectivity index (χ3v) is 5.71. The fourth-order valence-electron chi connectivity index (χ4n) is 3.15. The fourth-order valence-corrected chi connectivity index (χ4v) is 3.82. The van der Waals surface area contributed by atoms with Crippen molar-refractivity contribution in [3.8, 4) is 16.4 Å². The van der Waals surface area contributed by atoms with Crippen LogP contribution in [0.25, 0.3) is 10.6 Å².